The molecule has 0 bridgehead atoms. The Balaban J connectivity index is 2.08. The minimum atomic E-state index is 0.0729. The van der Waals surface area contributed by atoms with Gasteiger partial charge in [0.25, 0.3) is 0 Å². The topological polar surface area (TPSA) is 92.3 Å². The molecule has 0 spiro atoms. The van der Waals surface area contributed by atoms with Crippen LogP contribution < -0.4 is 20.3 Å². The molecule has 0 aromatic carbocycles. The average Bonchev–Trinajstić information content (AvgIpc) is 2.53. The van der Waals surface area contributed by atoms with E-state index in [1.54, 1.807) is 14.1 Å². The fraction of sp³-hybridized carbons (Fsp3) is 0.667. The Morgan fingerprint density at radius 3 is 2.50 bits per heavy atom. The van der Waals surface area contributed by atoms with Crippen molar-refractivity contribution in [1.29, 1.82) is 0 Å². The van der Waals surface area contributed by atoms with E-state index in [2.05, 4.69) is 25.6 Å². The van der Waals surface area contributed by atoms with Crippen LogP contribution in [0.15, 0.2) is 0 Å². The second-order valence-electron chi connectivity index (χ2n) is 4.57. The number of amides is 1. The first-order valence-electron chi connectivity index (χ1n) is 6.62. The van der Waals surface area contributed by atoms with Crippen LogP contribution in [0.25, 0.3) is 0 Å². The van der Waals surface area contributed by atoms with Crippen LogP contribution >= 0.6 is 0 Å². The van der Waals surface area contributed by atoms with Crippen molar-refractivity contribution in [1.82, 2.24) is 20.3 Å². The fourth-order valence-electron chi connectivity index (χ4n) is 2.24. The largest absolute Gasteiger partial charge is 0.467 e. The van der Waals surface area contributed by atoms with E-state index in [9.17, 15) is 4.79 Å². The van der Waals surface area contributed by atoms with Gasteiger partial charge in [-0.3, -0.25) is 4.79 Å². The monoisotopic (exact) mass is 280 g/mol. The zero-order chi connectivity index (χ0) is 14.5. The predicted octanol–water partition coefficient (Wildman–Crippen LogP) is -0.116. The highest BCUT2D eigenvalue weighted by Crippen LogP contribution is 2.22. The Labute approximate surface area is 118 Å². The molecule has 0 radical (unpaired) electrons. The van der Waals surface area contributed by atoms with Crippen LogP contribution in [-0.2, 0) is 4.79 Å². The van der Waals surface area contributed by atoms with E-state index in [0.29, 0.717) is 11.9 Å². The summed E-state index contributed by atoms with van der Waals surface area (Å²) < 4.78 is 5.07. The number of nitrogens with one attached hydrogen (secondary N) is 2. The van der Waals surface area contributed by atoms with Crippen molar-refractivity contribution in [3.05, 3.63) is 0 Å². The van der Waals surface area contributed by atoms with Gasteiger partial charge in [-0.25, -0.2) is 0 Å². The van der Waals surface area contributed by atoms with Crippen LogP contribution in [0.3, 0.4) is 0 Å². The summed E-state index contributed by atoms with van der Waals surface area (Å²) in [6.45, 7) is 1.49. The number of aromatic nitrogens is 3. The van der Waals surface area contributed by atoms with Gasteiger partial charge in [0.1, 0.15) is 0 Å². The van der Waals surface area contributed by atoms with Crippen LogP contribution in [-0.4, -0.2) is 55.2 Å². The van der Waals surface area contributed by atoms with Crippen LogP contribution in [0.2, 0.25) is 0 Å². The molecule has 1 aromatic rings. The van der Waals surface area contributed by atoms with Gasteiger partial charge in [-0.15, -0.1) is 0 Å². The van der Waals surface area contributed by atoms with Gasteiger partial charge in [0, 0.05) is 33.1 Å². The Bertz CT molecular complexity index is 451. The molecule has 0 atom stereocenters. The van der Waals surface area contributed by atoms with Gasteiger partial charge in [0.05, 0.1) is 7.11 Å². The first kappa shape index (κ1) is 14.3. The molecule has 1 aliphatic heterocycles. The lowest BCUT2D eigenvalue weighted by Gasteiger charge is -2.31. The minimum Gasteiger partial charge on any atom is -0.467 e. The number of carbonyl (C=O) groups excluding carboxylic acids is 1. The first-order valence-corrected chi connectivity index (χ1v) is 6.62. The number of ether oxygens (including phenoxy) is 1. The molecule has 0 unspecified atom stereocenters. The van der Waals surface area contributed by atoms with Gasteiger partial charge in [-0.05, 0) is 12.8 Å². The van der Waals surface area contributed by atoms with E-state index in [-0.39, 0.29) is 17.8 Å². The molecule has 0 aliphatic carbocycles. The molecule has 1 fully saturated rings. The van der Waals surface area contributed by atoms with Gasteiger partial charge in [0.15, 0.2) is 0 Å². The van der Waals surface area contributed by atoms with E-state index in [0.717, 1.165) is 25.9 Å². The van der Waals surface area contributed by atoms with E-state index in [1.165, 1.54) is 7.11 Å². The summed E-state index contributed by atoms with van der Waals surface area (Å²) in [4.78, 5) is 26.3. The molecule has 2 rings (SSSR count). The van der Waals surface area contributed by atoms with Crippen molar-refractivity contribution in [3.8, 4) is 6.01 Å². The number of hydrogen-bond donors (Lipinski definition) is 2. The fourth-order valence-corrected chi connectivity index (χ4v) is 2.24. The number of hydrogen-bond acceptors (Lipinski definition) is 7. The molecular weight excluding hydrogens is 260 g/mol. The second-order valence-corrected chi connectivity index (χ2v) is 4.57. The molecule has 8 heteroatoms. The number of nitrogens with zero attached hydrogens (tertiary/aromatic N) is 4. The van der Waals surface area contributed by atoms with Gasteiger partial charge in [-0.2, -0.15) is 15.0 Å². The highest BCUT2D eigenvalue weighted by Gasteiger charge is 2.26. The van der Waals surface area contributed by atoms with Crippen LogP contribution in [0.4, 0.5) is 11.9 Å². The molecule has 2 heterocycles. The quantitative estimate of drug-likeness (QED) is 0.794. The van der Waals surface area contributed by atoms with E-state index in [4.69, 9.17) is 4.74 Å². The summed E-state index contributed by atoms with van der Waals surface area (Å²) in [5, 5.41) is 5.58. The molecular formula is C12H20N6O2. The summed E-state index contributed by atoms with van der Waals surface area (Å²) in [5.41, 5.74) is 0. The molecule has 2 N–H and O–H groups in total. The molecule has 1 aromatic heterocycles. The Morgan fingerprint density at radius 1 is 1.25 bits per heavy atom. The summed E-state index contributed by atoms with van der Waals surface area (Å²) in [7, 11) is 4.94. The van der Waals surface area contributed by atoms with Gasteiger partial charge < -0.3 is 20.3 Å². The highest BCUT2D eigenvalue weighted by molar-refractivity contribution is 5.78. The summed E-state index contributed by atoms with van der Waals surface area (Å²) >= 11 is 0. The maximum absolute atomic E-state index is 11.6. The molecule has 20 heavy (non-hydrogen) atoms. The van der Waals surface area contributed by atoms with Gasteiger partial charge in [-0.1, -0.05) is 0 Å². The van der Waals surface area contributed by atoms with Crippen molar-refractivity contribution < 1.29 is 9.53 Å². The second kappa shape index (κ2) is 6.36. The maximum atomic E-state index is 11.6. The molecule has 110 valence electrons. The summed E-state index contributed by atoms with van der Waals surface area (Å²) in [5.74, 6) is 1.23. The molecule has 1 saturated heterocycles. The summed E-state index contributed by atoms with van der Waals surface area (Å²) in [6, 6.07) is 0.285. The summed E-state index contributed by atoms with van der Waals surface area (Å²) in [6.07, 6.45) is 1.59. The van der Waals surface area contributed by atoms with Gasteiger partial charge in [0.2, 0.25) is 17.8 Å². The molecule has 1 amide bonds. The third-order valence-electron chi connectivity index (χ3n) is 3.40. The van der Waals surface area contributed by atoms with E-state index < -0.39 is 0 Å². The van der Waals surface area contributed by atoms with E-state index >= 15 is 0 Å². The van der Waals surface area contributed by atoms with Crippen LogP contribution in [0.1, 0.15) is 12.8 Å². The zero-order valence-electron chi connectivity index (χ0n) is 12.0. The lowest BCUT2D eigenvalue weighted by Crippen LogP contribution is -2.40. The minimum absolute atomic E-state index is 0.0729. The standard InChI is InChI=1S/C12H20N6O2/c1-13-9(19)8-4-6-18(7-5-8)11-15-10(14-2)16-12(17-11)20-3/h8H,4-7H2,1-3H3,(H,13,19)(H,14,15,16,17). The maximum Gasteiger partial charge on any atom is 0.322 e. The third kappa shape index (κ3) is 3.06. The van der Waals surface area contributed by atoms with Crippen LogP contribution in [0.5, 0.6) is 6.01 Å². The number of piperidine rings is 1. The number of carbonyl (C=O) groups is 1. The third-order valence-corrected chi connectivity index (χ3v) is 3.40. The smallest absolute Gasteiger partial charge is 0.322 e. The van der Waals surface area contributed by atoms with E-state index in [1.807, 2.05) is 4.90 Å². The van der Waals surface area contributed by atoms with Crippen molar-refractivity contribution in [2.45, 2.75) is 12.8 Å². The molecule has 8 nitrogen and oxygen atoms in total. The lowest BCUT2D eigenvalue weighted by atomic mass is 9.96. The normalized spacial score (nSPS) is 15.8. The first-order chi connectivity index (χ1) is 9.67. The van der Waals surface area contributed by atoms with Gasteiger partial charge >= 0.3 is 6.01 Å². The number of rotatable bonds is 4. The zero-order valence-corrected chi connectivity index (χ0v) is 12.0. The number of anilines is 2. The SMILES string of the molecule is CNC(=O)C1CCN(c2nc(NC)nc(OC)n2)CC1. The lowest BCUT2D eigenvalue weighted by molar-refractivity contribution is -0.125. The van der Waals surface area contributed by atoms with Crippen molar-refractivity contribution in [2.24, 2.45) is 5.92 Å². The van der Waals surface area contributed by atoms with Crippen molar-refractivity contribution in [3.63, 3.8) is 0 Å². The average molecular weight is 280 g/mol. The van der Waals surface area contributed by atoms with Crippen LogP contribution in [0, 0.1) is 5.92 Å². The molecule has 1 aliphatic rings. The highest BCUT2D eigenvalue weighted by atomic mass is 16.5. The Morgan fingerprint density at radius 2 is 1.95 bits per heavy atom. The van der Waals surface area contributed by atoms with Crippen molar-refractivity contribution >= 4 is 17.8 Å². The number of methoxy groups -OCH3 is 1. The van der Waals surface area contributed by atoms with Crippen molar-refractivity contribution in [2.75, 3.05) is 44.5 Å². The predicted molar refractivity (Wildman–Crippen MR) is 74.9 cm³/mol. The Kier molecular flexibility index (Phi) is 4.54. The molecule has 0 saturated carbocycles. The Hall–Kier alpha value is -2.12.